The number of benzene rings is 6. The van der Waals surface area contributed by atoms with Crippen molar-refractivity contribution in [2.75, 3.05) is 4.90 Å². The number of hydrogen-bond donors (Lipinski definition) is 0. The Morgan fingerprint density at radius 3 is 2.02 bits per heavy atom. The minimum absolute atomic E-state index is 0.0767. The fourth-order valence-corrected chi connectivity index (χ4v) is 9.88. The third-order valence-electron chi connectivity index (χ3n) is 11.7. The average Bonchev–Trinajstić information content (AvgIpc) is 3.59. The van der Waals surface area contributed by atoms with Gasteiger partial charge in [-0.2, -0.15) is 0 Å². The van der Waals surface area contributed by atoms with E-state index in [2.05, 4.69) is 174 Å². The van der Waals surface area contributed by atoms with E-state index in [1.165, 1.54) is 94.6 Å². The second-order valence-electron chi connectivity index (χ2n) is 16.1. The van der Waals surface area contributed by atoms with Crippen LogP contribution in [0.1, 0.15) is 76.6 Å². The van der Waals surface area contributed by atoms with Gasteiger partial charge in [0.15, 0.2) is 0 Å². The summed E-state index contributed by atoms with van der Waals surface area (Å²) in [4.78, 5) is 2.51. The second kappa shape index (κ2) is 10.7. The molecule has 1 nitrogen and oxygen atoms in total. The van der Waals surface area contributed by atoms with E-state index in [0.29, 0.717) is 0 Å². The zero-order chi connectivity index (χ0) is 33.7. The van der Waals surface area contributed by atoms with Crippen molar-refractivity contribution in [1.82, 2.24) is 0 Å². The second-order valence-corrected chi connectivity index (χ2v) is 17.1. The number of anilines is 3. The summed E-state index contributed by atoms with van der Waals surface area (Å²) in [7, 11) is 0. The Kier molecular flexibility index (Phi) is 6.62. The first-order chi connectivity index (χ1) is 23.5. The summed E-state index contributed by atoms with van der Waals surface area (Å²) >= 11 is 1.88. The van der Waals surface area contributed by atoms with Crippen molar-refractivity contribution in [3.63, 3.8) is 0 Å². The lowest BCUT2D eigenvalue weighted by molar-refractivity contribution is 0.332. The van der Waals surface area contributed by atoms with Crippen LogP contribution in [0.5, 0.6) is 0 Å². The Morgan fingerprint density at radius 1 is 0.490 bits per heavy atom. The van der Waals surface area contributed by atoms with Crippen LogP contribution in [-0.2, 0) is 16.2 Å². The quantitative estimate of drug-likeness (QED) is 0.183. The van der Waals surface area contributed by atoms with E-state index in [1.807, 2.05) is 11.3 Å². The molecule has 1 aromatic heterocycles. The van der Waals surface area contributed by atoms with Crippen molar-refractivity contribution < 1.29 is 0 Å². The maximum absolute atomic E-state index is 2.51. The third-order valence-corrected chi connectivity index (χ3v) is 12.9. The van der Waals surface area contributed by atoms with Crippen molar-refractivity contribution in [3.8, 4) is 22.3 Å². The molecule has 2 heteroatoms. The highest BCUT2D eigenvalue weighted by Crippen LogP contribution is 2.55. The first kappa shape index (κ1) is 30.4. The minimum atomic E-state index is -0.0767. The van der Waals surface area contributed by atoms with E-state index in [4.69, 9.17) is 0 Å². The van der Waals surface area contributed by atoms with Gasteiger partial charge in [-0.1, -0.05) is 126 Å². The Labute approximate surface area is 294 Å². The zero-order valence-corrected chi connectivity index (χ0v) is 30.2. The van der Waals surface area contributed by atoms with E-state index >= 15 is 0 Å². The SMILES string of the molecule is CC1(C)CCC(C)(C)c2cc(-c3cccc(N(c4ccc5sc6ccccc6c5c4)c4cccc5c4-c4ccccc4C5(C)C)c3)ccc21. The average molecular weight is 654 g/mol. The molecule has 2 aliphatic rings. The molecule has 0 N–H and O–H groups in total. The predicted molar refractivity (Wildman–Crippen MR) is 212 cm³/mol. The monoisotopic (exact) mass is 653 g/mol. The van der Waals surface area contributed by atoms with Crippen LogP contribution in [0.3, 0.4) is 0 Å². The van der Waals surface area contributed by atoms with Gasteiger partial charge in [0.1, 0.15) is 0 Å². The Bertz CT molecular complexity index is 2440. The van der Waals surface area contributed by atoms with Gasteiger partial charge in [0.2, 0.25) is 0 Å². The molecule has 0 atom stereocenters. The molecular weight excluding hydrogens is 611 g/mol. The van der Waals surface area contributed by atoms with E-state index in [9.17, 15) is 0 Å². The van der Waals surface area contributed by atoms with E-state index in [0.717, 1.165) is 0 Å². The lowest BCUT2D eigenvalue weighted by Crippen LogP contribution is -2.33. The van der Waals surface area contributed by atoms with Gasteiger partial charge in [0.05, 0.1) is 5.69 Å². The number of rotatable bonds is 4. The highest BCUT2D eigenvalue weighted by molar-refractivity contribution is 7.25. The van der Waals surface area contributed by atoms with Crippen molar-refractivity contribution in [3.05, 3.63) is 150 Å². The number of nitrogens with zero attached hydrogens (tertiary/aromatic N) is 1. The van der Waals surface area contributed by atoms with E-state index in [1.54, 1.807) is 0 Å². The van der Waals surface area contributed by atoms with Crippen LogP contribution in [0.2, 0.25) is 0 Å². The summed E-state index contributed by atoms with van der Waals surface area (Å²) in [6, 6.07) is 48.2. The van der Waals surface area contributed by atoms with Crippen molar-refractivity contribution in [1.29, 1.82) is 0 Å². The zero-order valence-electron chi connectivity index (χ0n) is 29.4. The minimum Gasteiger partial charge on any atom is -0.310 e. The first-order valence-corrected chi connectivity index (χ1v) is 18.5. The molecule has 0 radical (unpaired) electrons. The van der Waals surface area contributed by atoms with Crippen LogP contribution in [0.25, 0.3) is 42.4 Å². The highest BCUT2D eigenvalue weighted by Gasteiger charge is 2.39. The molecule has 0 amide bonds. The predicted octanol–water partition coefficient (Wildman–Crippen LogP) is 13.8. The standard InChI is InChI=1S/C47H43NS/c1-45(2)25-26-46(3,4)40-28-31(21-23-38(40)45)30-13-11-14-32(27-30)48(33-22-24-43-36(29-33)34-15-8-10-20-42(34)49-43)41-19-12-18-39-44(41)35-16-7-9-17-37(35)47(39,5)6/h7-24,27-29H,25-26H2,1-6H3. The largest absolute Gasteiger partial charge is 0.310 e. The molecule has 0 saturated carbocycles. The van der Waals surface area contributed by atoms with Crippen LogP contribution in [0, 0.1) is 0 Å². The van der Waals surface area contributed by atoms with Gasteiger partial charge in [-0.3, -0.25) is 0 Å². The molecule has 0 spiro atoms. The fourth-order valence-electron chi connectivity index (χ4n) is 8.79. The van der Waals surface area contributed by atoms with Gasteiger partial charge >= 0.3 is 0 Å². The van der Waals surface area contributed by atoms with Gasteiger partial charge < -0.3 is 4.90 Å². The molecule has 0 fully saturated rings. The van der Waals surface area contributed by atoms with Crippen LogP contribution in [0.15, 0.2) is 127 Å². The normalized spacial score (nSPS) is 16.7. The van der Waals surface area contributed by atoms with Gasteiger partial charge in [-0.05, 0) is 105 Å². The van der Waals surface area contributed by atoms with Gasteiger partial charge in [0, 0.05) is 42.5 Å². The molecule has 0 bridgehead atoms. The maximum atomic E-state index is 2.51. The first-order valence-electron chi connectivity index (χ1n) is 17.7. The molecule has 49 heavy (non-hydrogen) atoms. The van der Waals surface area contributed by atoms with Crippen molar-refractivity contribution >= 4 is 48.6 Å². The Balaban J connectivity index is 1.27. The summed E-state index contributed by atoms with van der Waals surface area (Å²) in [5, 5.41) is 2.63. The molecule has 0 aliphatic heterocycles. The maximum Gasteiger partial charge on any atom is 0.0543 e. The highest BCUT2D eigenvalue weighted by atomic mass is 32.1. The lowest BCUT2D eigenvalue weighted by Gasteiger charge is -2.42. The molecule has 2 aliphatic carbocycles. The van der Waals surface area contributed by atoms with Gasteiger partial charge in [-0.15, -0.1) is 11.3 Å². The summed E-state index contributed by atoms with van der Waals surface area (Å²) in [6.07, 6.45) is 2.43. The van der Waals surface area contributed by atoms with Gasteiger partial charge in [-0.25, -0.2) is 0 Å². The van der Waals surface area contributed by atoms with Crippen LogP contribution in [0.4, 0.5) is 17.1 Å². The molecule has 0 saturated heterocycles. The molecular formula is C47H43NS. The lowest BCUT2D eigenvalue weighted by atomic mass is 9.63. The summed E-state index contributed by atoms with van der Waals surface area (Å²) in [5.41, 5.74) is 14.8. The van der Waals surface area contributed by atoms with Crippen LogP contribution >= 0.6 is 11.3 Å². The van der Waals surface area contributed by atoms with Crippen LogP contribution < -0.4 is 4.90 Å². The fraction of sp³-hybridized carbons (Fsp3) is 0.234. The van der Waals surface area contributed by atoms with Gasteiger partial charge in [0.25, 0.3) is 0 Å². The number of hydrogen-bond acceptors (Lipinski definition) is 2. The molecule has 6 aromatic carbocycles. The number of thiophene rings is 1. The third kappa shape index (κ3) is 4.64. The van der Waals surface area contributed by atoms with E-state index < -0.39 is 0 Å². The molecule has 9 rings (SSSR count). The molecule has 242 valence electrons. The smallest absolute Gasteiger partial charge is 0.0543 e. The Morgan fingerprint density at radius 2 is 1.16 bits per heavy atom. The summed E-state index contributed by atoms with van der Waals surface area (Å²) in [6.45, 7) is 14.4. The summed E-state index contributed by atoms with van der Waals surface area (Å²) < 4.78 is 2.65. The summed E-state index contributed by atoms with van der Waals surface area (Å²) in [5.74, 6) is 0. The molecule has 1 heterocycles. The van der Waals surface area contributed by atoms with Crippen LogP contribution in [-0.4, -0.2) is 0 Å². The van der Waals surface area contributed by atoms with Crippen molar-refractivity contribution in [2.45, 2.75) is 70.6 Å². The Hall–Kier alpha value is -4.66. The topological polar surface area (TPSA) is 3.24 Å². The molecule has 0 unspecified atom stereocenters. The molecule has 7 aromatic rings. The van der Waals surface area contributed by atoms with E-state index in [-0.39, 0.29) is 16.2 Å². The number of fused-ring (bicyclic) bond motifs is 7. The van der Waals surface area contributed by atoms with Crippen molar-refractivity contribution in [2.24, 2.45) is 0 Å².